The first-order chi connectivity index (χ1) is 10.5. The second kappa shape index (κ2) is 5.74. The highest BCUT2D eigenvalue weighted by atomic mass is 79.9. The fourth-order valence-corrected chi connectivity index (χ4v) is 3.07. The summed E-state index contributed by atoms with van der Waals surface area (Å²) in [5.74, 6) is -0.225. The van der Waals surface area contributed by atoms with Crippen LogP contribution in [0, 0.1) is 13.8 Å². The van der Waals surface area contributed by atoms with Crippen LogP contribution < -0.4 is 5.32 Å². The quantitative estimate of drug-likeness (QED) is 0.707. The van der Waals surface area contributed by atoms with Crippen molar-refractivity contribution in [2.45, 2.75) is 13.8 Å². The molecule has 22 heavy (non-hydrogen) atoms. The second-order valence-corrected chi connectivity index (χ2v) is 6.35. The van der Waals surface area contributed by atoms with E-state index < -0.39 is 0 Å². The van der Waals surface area contributed by atoms with Gasteiger partial charge in [-0.05, 0) is 59.6 Å². The monoisotopic (exact) mass is 377 g/mol. The summed E-state index contributed by atoms with van der Waals surface area (Å²) in [5.41, 5.74) is 3.65. The molecule has 0 atom stereocenters. The van der Waals surface area contributed by atoms with E-state index in [1.54, 1.807) is 29.7 Å². The van der Waals surface area contributed by atoms with Gasteiger partial charge in [0.2, 0.25) is 0 Å². The summed E-state index contributed by atoms with van der Waals surface area (Å²) in [6.07, 6.45) is 1.69. The maximum atomic E-state index is 12.6. The number of benzene rings is 1. The number of rotatable bonds is 2. The van der Waals surface area contributed by atoms with Crippen LogP contribution in [0.3, 0.4) is 0 Å². The number of imidazole rings is 1. The summed E-state index contributed by atoms with van der Waals surface area (Å²) in [4.78, 5) is 17.0. The molecule has 2 heterocycles. The van der Waals surface area contributed by atoms with Crippen molar-refractivity contribution in [1.29, 1.82) is 0 Å². The zero-order valence-electron chi connectivity index (χ0n) is 12.0. The van der Waals surface area contributed by atoms with Crippen molar-refractivity contribution in [1.82, 2.24) is 9.38 Å². The van der Waals surface area contributed by atoms with Crippen LogP contribution in [0.25, 0.3) is 5.65 Å². The van der Waals surface area contributed by atoms with E-state index in [4.69, 9.17) is 11.6 Å². The molecule has 6 heteroatoms. The topological polar surface area (TPSA) is 46.4 Å². The van der Waals surface area contributed by atoms with Gasteiger partial charge in [-0.1, -0.05) is 17.7 Å². The Morgan fingerprint density at radius 1 is 1.27 bits per heavy atom. The zero-order valence-corrected chi connectivity index (χ0v) is 14.4. The number of aryl methyl sites for hydroxylation is 2. The Kier molecular flexibility index (Phi) is 3.93. The molecule has 0 spiro atoms. The number of fused-ring (bicyclic) bond motifs is 1. The van der Waals surface area contributed by atoms with E-state index in [1.165, 1.54) is 0 Å². The van der Waals surface area contributed by atoms with Crippen LogP contribution in [-0.2, 0) is 0 Å². The van der Waals surface area contributed by atoms with Crippen molar-refractivity contribution in [3.8, 4) is 0 Å². The summed E-state index contributed by atoms with van der Waals surface area (Å²) in [7, 11) is 0. The molecule has 0 radical (unpaired) electrons. The molecule has 0 aliphatic heterocycles. The minimum atomic E-state index is -0.225. The fraction of sp³-hybridized carbons (Fsp3) is 0.125. The molecule has 3 rings (SSSR count). The molecule has 0 saturated carbocycles. The molecule has 1 N–H and O–H groups in total. The molecule has 0 aliphatic rings. The summed E-state index contributed by atoms with van der Waals surface area (Å²) in [6.45, 7) is 3.80. The van der Waals surface area contributed by atoms with Gasteiger partial charge >= 0.3 is 0 Å². The number of carbonyl (C=O) groups excluding carboxylic acids is 1. The summed E-state index contributed by atoms with van der Waals surface area (Å²) < 4.78 is 2.54. The Bertz CT molecular complexity index is 888. The Morgan fingerprint density at radius 3 is 2.77 bits per heavy atom. The lowest BCUT2D eigenvalue weighted by Gasteiger charge is -2.09. The van der Waals surface area contributed by atoms with E-state index in [1.807, 2.05) is 25.1 Å². The molecule has 0 unspecified atom stereocenters. The number of carbonyl (C=O) groups is 1. The smallest absolute Gasteiger partial charge is 0.274 e. The summed E-state index contributed by atoms with van der Waals surface area (Å²) in [6, 6.07) is 9.30. The lowest BCUT2D eigenvalue weighted by Crippen LogP contribution is -2.16. The third-order valence-corrected chi connectivity index (χ3v) is 4.22. The van der Waals surface area contributed by atoms with E-state index in [0.717, 1.165) is 10.0 Å². The largest absolute Gasteiger partial charge is 0.320 e. The van der Waals surface area contributed by atoms with Crippen LogP contribution in [0.15, 0.2) is 41.0 Å². The predicted octanol–water partition coefficient (Wildman–Crippen LogP) is 4.62. The molecule has 0 saturated heterocycles. The van der Waals surface area contributed by atoms with Gasteiger partial charge < -0.3 is 5.32 Å². The fourth-order valence-electron chi connectivity index (χ4n) is 2.31. The molecular weight excluding hydrogens is 366 g/mol. The minimum Gasteiger partial charge on any atom is -0.320 e. The third kappa shape index (κ3) is 2.74. The van der Waals surface area contributed by atoms with Crippen molar-refractivity contribution in [3.05, 3.63) is 63.0 Å². The van der Waals surface area contributed by atoms with E-state index >= 15 is 0 Å². The van der Waals surface area contributed by atoms with E-state index in [9.17, 15) is 4.79 Å². The molecular formula is C16H13BrClN3O. The zero-order chi connectivity index (χ0) is 15.9. The first-order valence-corrected chi connectivity index (χ1v) is 7.84. The number of hydrogen-bond donors (Lipinski definition) is 1. The normalized spacial score (nSPS) is 10.9. The van der Waals surface area contributed by atoms with E-state index in [2.05, 4.69) is 26.2 Å². The average molecular weight is 379 g/mol. The van der Waals surface area contributed by atoms with Gasteiger partial charge in [0.05, 0.1) is 16.4 Å². The highest BCUT2D eigenvalue weighted by molar-refractivity contribution is 9.10. The van der Waals surface area contributed by atoms with E-state index in [-0.39, 0.29) is 5.91 Å². The molecule has 3 aromatic rings. The maximum Gasteiger partial charge on any atom is 0.274 e. The molecule has 4 nitrogen and oxygen atoms in total. The first-order valence-electron chi connectivity index (χ1n) is 6.67. The highest BCUT2D eigenvalue weighted by Crippen LogP contribution is 2.25. The first kappa shape index (κ1) is 15.1. The standard InChI is InChI=1S/C16H13BrClN3O/c1-9-3-5-13(12(17)7-9)20-16(22)15-10(2)19-14-6-4-11(18)8-21(14)15/h3-8H,1-2H3,(H,20,22). The lowest BCUT2D eigenvalue weighted by molar-refractivity contribution is 0.102. The van der Waals surface area contributed by atoms with Crippen LogP contribution in [0.2, 0.25) is 5.02 Å². The van der Waals surface area contributed by atoms with Gasteiger partial charge in [-0.2, -0.15) is 0 Å². The molecule has 0 bridgehead atoms. The van der Waals surface area contributed by atoms with Crippen LogP contribution in [0.1, 0.15) is 21.7 Å². The SMILES string of the molecule is Cc1ccc(NC(=O)c2c(C)nc3ccc(Cl)cn23)c(Br)c1. The highest BCUT2D eigenvalue weighted by Gasteiger charge is 2.17. The second-order valence-electron chi connectivity index (χ2n) is 5.06. The molecule has 1 aromatic carbocycles. The third-order valence-electron chi connectivity index (χ3n) is 3.34. The Balaban J connectivity index is 2.02. The molecule has 1 amide bonds. The average Bonchev–Trinajstić information content (AvgIpc) is 2.77. The van der Waals surface area contributed by atoms with Crippen LogP contribution in [0.4, 0.5) is 5.69 Å². The molecule has 0 fully saturated rings. The van der Waals surface area contributed by atoms with Crippen LogP contribution in [0.5, 0.6) is 0 Å². The number of nitrogens with zero attached hydrogens (tertiary/aromatic N) is 2. The number of halogens is 2. The van der Waals surface area contributed by atoms with Crippen molar-refractivity contribution < 1.29 is 4.79 Å². The van der Waals surface area contributed by atoms with Gasteiger partial charge in [-0.3, -0.25) is 9.20 Å². The van der Waals surface area contributed by atoms with Crippen molar-refractivity contribution in [3.63, 3.8) is 0 Å². The van der Waals surface area contributed by atoms with Gasteiger partial charge in [-0.15, -0.1) is 0 Å². The number of hydrogen-bond acceptors (Lipinski definition) is 2. The summed E-state index contributed by atoms with van der Waals surface area (Å²) in [5, 5.41) is 3.45. The lowest BCUT2D eigenvalue weighted by atomic mass is 10.2. The van der Waals surface area contributed by atoms with Gasteiger partial charge in [0.25, 0.3) is 5.91 Å². The minimum absolute atomic E-state index is 0.225. The van der Waals surface area contributed by atoms with Gasteiger partial charge in [0.15, 0.2) is 0 Å². The van der Waals surface area contributed by atoms with Crippen molar-refractivity contribution in [2.75, 3.05) is 5.32 Å². The predicted molar refractivity (Wildman–Crippen MR) is 91.8 cm³/mol. The van der Waals surface area contributed by atoms with Crippen molar-refractivity contribution in [2.24, 2.45) is 0 Å². The molecule has 2 aromatic heterocycles. The maximum absolute atomic E-state index is 12.6. The molecule has 0 aliphatic carbocycles. The number of pyridine rings is 1. The Hall–Kier alpha value is -1.85. The number of aromatic nitrogens is 2. The Labute approximate surface area is 141 Å². The van der Waals surface area contributed by atoms with Gasteiger partial charge in [0, 0.05) is 10.7 Å². The van der Waals surface area contributed by atoms with Crippen molar-refractivity contribution >= 4 is 44.8 Å². The van der Waals surface area contributed by atoms with Crippen LogP contribution in [-0.4, -0.2) is 15.3 Å². The number of amides is 1. The Morgan fingerprint density at radius 2 is 2.05 bits per heavy atom. The van der Waals surface area contributed by atoms with Crippen LogP contribution >= 0.6 is 27.5 Å². The number of nitrogens with one attached hydrogen (secondary N) is 1. The number of anilines is 1. The molecule has 112 valence electrons. The summed E-state index contributed by atoms with van der Waals surface area (Å²) >= 11 is 9.48. The van der Waals surface area contributed by atoms with Gasteiger partial charge in [-0.25, -0.2) is 4.98 Å². The van der Waals surface area contributed by atoms with E-state index in [0.29, 0.717) is 27.7 Å². The van der Waals surface area contributed by atoms with Gasteiger partial charge in [0.1, 0.15) is 11.3 Å².